The van der Waals surface area contributed by atoms with Crippen LogP contribution in [-0.4, -0.2) is 45.3 Å². The fraction of sp³-hybridized carbons (Fsp3) is 0.421. The quantitative estimate of drug-likeness (QED) is 0.708. The molecule has 8 heteroatoms. The molecule has 3 aromatic heterocycles. The summed E-state index contributed by atoms with van der Waals surface area (Å²) in [4.78, 5) is 20.6. The highest BCUT2D eigenvalue weighted by Gasteiger charge is 2.24. The van der Waals surface area contributed by atoms with Crippen LogP contribution in [0.5, 0.6) is 0 Å². The predicted molar refractivity (Wildman–Crippen MR) is 108 cm³/mol. The predicted octanol–water partition coefficient (Wildman–Crippen LogP) is 3.30. The van der Waals surface area contributed by atoms with Crippen LogP contribution < -0.4 is 10.6 Å². The lowest BCUT2D eigenvalue weighted by molar-refractivity contribution is 0.229. The average Bonchev–Trinajstić information content (AvgIpc) is 3.39. The van der Waals surface area contributed by atoms with Gasteiger partial charge in [-0.1, -0.05) is 6.07 Å². The summed E-state index contributed by atoms with van der Waals surface area (Å²) in [5, 5.41) is 13.3. The van der Waals surface area contributed by atoms with Crippen molar-refractivity contribution in [2.24, 2.45) is 7.05 Å². The molecule has 7 nitrogen and oxygen atoms in total. The molecule has 4 rings (SSSR count). The molecule has 0 spiro atoms. The number of rotatable bonds is 5. The van der Waals surface area contributed by atoms with Crippen molar-refractivity contribution in [3.63, 3.8) is 0 Å². The third-order valence-corrected chi connectivity index (χ3v) is 6.00. The van der Waals surface area contributed by atoms with Crippen molar-refractivity contribution in [3.05, 3.63) is 40.3 Å². The van der Waals surface area contributed by atoms with Crippen LogP contribution in [0.25, 0.3) is 11.0 Å². The highest BCUT2D eigenvalue weighted by molar-refractivity contribution is 7.10. The Morgan fingerprint density at radius 1 is 1.37 bits per heavy atom. The fourth-order valence-electron chi connectivity index (χ4n) is 3.68. The number of hydrogen-bond donors (Lipinski definition) is 2. The first-order chi connectivity index (χ1) is 13.1. The number of aryl methyl sites for hydroxylation is 2. The Hall–Kier alpha value is -2.45. The van der Waals surface area contributed by atoms with E-state index in [1.165, 1.54) is 17.7 Å². The molecule has 1 atom stereocenters. The number of nitrogens with zero attached hydrogens (tertiary/aromatic N) is 4. The second-order valence-electron chi connectivity index (χ2n) is 6.91. The van der Waals surface area contributed by atoms with Gasteiger partial charge in [-0.25, -0.2) is 9.78 Å². The van der Waals surface area contributed by atoms with Gasteiger partial charge in [-0.05, 0) is 50.4 Å². The number of urea groups is 1. The van der Waals surface area contributed by atoms with E-state index in [2.05, 4.69) is 43.1 Å². The van der Waals surface area contributed by atoms with Crippen LogP contribution in [0.3, 0.4) is 0 Å². The smallest absolute Gasteiger partial charge is 0.319 e. The van der Waals surface area contributed by atoms with Crippen molar-refractivity contribution in [3.8, 4) is 0 Å². The summed E-state index contributed by atoms with van der Waals surface area (Å²) in [5.74, 6) is 0. The number of likely N-dealkylation sites (tertiary alicyclic amines) is 1. The van der Waals surface area contributed by atoms with Crippen LogP contribution in [0.4, 0.5) is 10.5 Å². The first-order valence-electron chi connectivity index (χ1n) is 9.23. The van der Waals surface area contributed by atoms with E-state index in [1.54, 1.807) is 22.2 Å². The number of fused-ring (bicyclic) bond motifs is 1. The molecule has 0 bridgehead atoms. The third kappa shape index (κ3) is 3.81. The largest absolute Gasteiger partial charge is 0.336 e. The summed E-state index contributed by atoms with van der Waals surface area (Å²) in [7, 11) is 1.87. The number of anilines is 1. The van der Waals surface area contributed by atoms with E-state index < -0.39 is 0 Å². The maximum absolute atomic E-state index is 12.4. The summed E-state index contributed by atoms with van der Waals surface area (Å²) < 4.78 is 1.75. The molecule has 0 aromatic carbocycles. The number of nitrogens with one attached hydrogen (secondary N) is 2. The molecule has 1 saturated heterocycles. The van der Waals surface area contributed by atoms with Crippen LogP contribution in [0.15, 0.2) is 29.8 Å². The number of pyridine rings is 1. The molecule has 3 aromatic rings. The van der Waals surface area contributed by atoms with Gasteiger partial charge in [-0.3, -0.25) is 9.58 Å². The summed E-state index contributed by atoms with van der Waals surface area (Å²) in [6.07, 6.45) is 4.12. The molecule has 0 saturated carbocycles. The van der Waals surface area contributed by atoms with E-state index in [9.17, 15) is 4.79 Å². The fourth-order valence-corrected chi connectivity index (χ4v) is 4.55. The molecule has 2 amide bonds. The highest BCUT2D eigenvalue weighted by atomic mass is 32.1. The second kappa shape index (κ2) is 7.66. The van der Waals surface area contributed by atoms with Gasteiger partial charge >= 0.3 is 6.03 Å². The molecule has 1 fully saturated rings. The van der Waals surface area contributed by atoms with Gasteiger partial charge in [0.05, 0.1) is 23.6 Å². The van der Waals surface area contributed by atoms with Crippen molar-refractivity contribution >= 4 is 34.1 Å². The average molecular weight is 385 g/mol. The van der Waals surface area contributed by atoms with Crippen LogP contribution >= 0.6 is 11.3 Å². The number of thiophene rings is 1. The molecule has 27 heavy (non-hydrogen) atoms. The van der Waals surface area contributed by atoms with Gasteiger partial charge in [0, 0.05) is 23.9 Å². The molecule has 1 aliphatic heterocycles. The van der Waals surface area contributed by atoms with Gasteiger partial charge in [-0.2, -0.15) is 5.10 Å². The maximum Gasteiger partial charge on any atom is 0.319 e. The monoisotopic (exact) mass is 384 g/mol. The SMILES string of the molecule is Cc1nn(C)c2ncc(NC(=O)NCC(c3cccs3)N3CCCC3)cc12. The molecule has 4 heterocycles. The lowest BCUT2D eigenvalue weighted by atomic mass is 10.2. The van der Waals surface area contributed by atoms with Crippen LogP contribution in [0, 0.1) is 6.92 Å². The van der Waals surface area contributed by atoms with Gasteiger partial charge in [-0.15, -0.1) is 11.3 Å². The Labute approximate surface area is 162 Å². The number of carbonyl (C=O) groups is 1. The molecule has 0 radical (unpaired) electrons. The Morgan fingerprint density at radius 2 is 2.19 bits per heavy atom. The Morgan fingerprint density at radius 3 is 2.93 bits per heavy atom. The van der Waals surface area contributed by atoms with Crippen LogP contribution in [-0.2, 0) is 7.05 Å². The van der Waals surface area contributed by atoms with Crippen LogP contribution in [0.2, 0.25) is 0 Å². The van der Waals surface area contributed by atoms with E-state index >= 15 is 0 Å². The number of hydrogen-bond acceptors (Lipinski definition) is 5. The first-order valence-corrected chi connectivity index (χ1v) is 10.1. The van der Waals surface area contributed by atoms with Crippen molar-refractivity contribution in [2.45, 2.75) is 25.8 Å². The van der Waals surface area contributed by atoms with Crippen molar-refractivity contribution < 1.29 is 4.79 Å². The van der Waals surface area contributed by atoms with Crippen molar-refractivity contribution in [2.75, 3.05) is 25.0 Å². The van der Waals surface area contributed by atoms with E-state index in [4.69, 9.17) is 0 Å². The molecule has 142 valence electrons. The Bertz CT molecular complexity index is 929. The van der Waals surface area contributed by atoms with Gasteiger partial charge in [0.25, 0.3) is 0 Å². The topological polar surface area (TPSA) is 75.1 Å². The lowest BCUT2D eigenvalue weighted by Crippen LogP contribution is -2.38. The molecule has 2 N–H and O–H groups in total. The molecule has 1 unspecified atom stereocenters. The number of aromatic nitrogens is 3. The number of carbonyl (C=O) groups excluding carboxylic acids is 1. The highest BCUT2D eigenvalue weighted by Crippen LogP contribution is 2.28. The summed E-state index contributed by atoms with van der Waals surface area (Å²) in [6.45, 7) is 4.71. The minimum atomic E-state index is -0.210. The molecule has 1 aliphatic rings. The molecule has 0 aliphatic carbocycles. The van der Waals surface area contributed by atoms with Gasteiger partial charge in [0.1, 0.15) is 0 Å². The molecular formula is C19H24N6OS. The summed E-state index contributed by atoms with van der Waals surface area (Å²) in [5.41, 5.74) is 2.38. The second-order valence-corrected chi connectivity index (χ2v) is 7.89. The standard InChI is InChI=1S/C19H24N6OS/c1-13-15-10-14(11-20-18(15)24(2)23-13)22-19(26)21-12-16(17-6-5-9-27-17)25-7-3-4-8-25/h5-6,9-11,16H,3-4,7-8,12H2,1-2H3,(H2,21,22,26). The minimum absolute atomic E-state index is 0.210. The zero-order valence-corrected chi connectivity index (χ0v) is 16.4. The van der Waals surface area contributed by atoms with Crippen molar-refractivity contribution in [1.29, 1.82) is 0 Å². The zero-order valence-electron chi connectivity index (χ0n) is 15.6. The Kier molecular flexibility index (Phi) is 5.09. The van der Waals surface area contributed by atoms with Gasteiger partial charge in [0.15, 0.2) is 5.65 Å². The van der Waals surface area contributed by atoms with E-state index in [1.807, 2.05) is 20.0 Å². The van der Waals surface area contributed by atoms with Gasteiger partial charge in [0.2, 0.25) is 0 Å². The van der Waals surface area contributed by atoms with E-state index in [0.29, 0.717) is 12.2 Å². The Balaban J connectivity index is 1.42. The minimum Gasteiger partial charge on any atom is -0.336 e. The number of amides is 2. The van der Waals surface area contributed by atoms with E-state index in [-0.39, 0.29) is 12.1 Å². The van der Waals surface area contributed by atoms with Gasteiger partial charge < -0.3 is 10.6 Å². The summed E-state index contributed by atoms with van der Waals surface area (Å²) in [6, 6.07) is 6.16. The lowest BCUT2D eigenvalue weighted by Gasteiger charge is -2.26. The summed E-state index contributed by atoms with van der Waals surface area (Å²) >= 11 is 1.75. The zero-order chi connectivity index (χ0) is 18.8. The van der Waals surface area contributed by atoms with Crippen LogP contribution in [0.1, 0.15) is 29.5 Å². The van der Waals surface area contributed by atoms with Crippen molar-refractivity contribution in [1.82, 2.24) is 25.0 Å². The maximum atomic E-state index is 12.4. The normalized spacial score (nSPS) is 15.9. The molecular weight excluding hydrogens is 360 g/mol. The van der Waals surface area contributed by atoms with E-state index in [0.717, 1.165) is 29.8 Å². The third-order valence-electron chi connectivity index (χ3n) is 5.03. The first kappa shape index (κ1) is 17.9.